The molecular formula is C21H19O5. The molecule has 0 unspecified atom stereocenters. The molecule has 1 aliphatic carbocycles. The van der Waals surface area contributed by atoms with Gasteiger partial charge < -0.3 is 9.47 Å². The van der Waals surface area contributed by atoms with Crippen LogP contribution in [0.3, 0.4) is 0 Å². The van der Waals surface area contributed by atoms with Crippen LogP contribution < -0.4 is 4.74 Å². The zero-order valence-electron chi connectivity index (χ0n) is 14.3. The summed E-state index contributed by atoms with van der Waals surface area (Å²) >= 11 is 0. The number of hydrogen-bond acceptors (Lipinski definition) is 5. The third-order valence-electron chi connectivity index (χ3n) is 4.42. The SMILES string of the molecule is O=[C]c1ccccc1C(=O)c1ccccc1OC(=O)OC1CCCCC1. The highest BCUT2D eigenvalue weighted by molar-refractivity contribution is 6.14. The van der Waals surface area contributed by atoms with Crippen molar-refractivity contribution < 1.29 is 23.9 Å². The molecule has 133 valence electrons. The van der Waals surface area contributed by atoms with Gasteiger partial charge >= 0.3 is 6.16 Å². The van der Waals surface area contributed by atoms with E-state index in [4.69, 9.17) is 9.47 Å². The summed E-state index contributed by atoms with van der Waals surface area (Å²) < 4.78 is 10.6. The molecule has 1 fully saturated rings. The van der Waals surface area contributed by atoms with Crippen molar-refractivity contribution in [1.82, 2.24) is 0 Å². The van der Waals surface area contributed by atoms with Crippen LogP contribution >= 0.6 is 0 Å². The van der Waals surface area contributed by atoms with Crippen LogP contribution in [0.2, 0.25) is 0 Å². The van der Waals surface area contributed by atoms with E-state index in [0.717, 1.165) is 32.1 Å². The average Bonchev–Trinajstić information content (AvgIpc) is 2.68. The molecule has 3 rings (SSSR count). The maximum absolute atomic E-state index is 12.8. The van der Waals surface area contributed by atoms with Crippen LogP contribution in [0.15, 0.2) is 48.5 Å². The van der Waals surface area contributed by atoms with Gasteiger partial charge in [-0.15, -0.1) is 0 Å². The number of carbonyl (C=O) groups excluding carboxylic acids is 3. The van der Waals surface area contributed by atoms with E-state index in [2.05, 4.69) is 0 Å². The van der Waals surface area contributed by atoms with Crippen LogP contribution in [0.5, 0.6) is 5.75 Å². The van der Waals surface area contributed by atoms with Crippen molar-refractivity contribution in [2.24, 2.45) is 0 Å². The maximum Gasteiger partial charge on any atom is 0.514 e. The summed E-state index contributed by atoms with van der Waals surface area (Å²) in [5, 5.41) is 0. The molecule has 0 aliphatic heterocycles. The molecule has 1 aliphatic rings. The van der Waals surface area contributed by atoms with Crippen molar-refractivity contribution in [1.29, 1.82) is 0 Å². The quantitative estimate of drug-likeness (QED) is 0.458. The summed E-state index contributed by atoms with van der Waals surface area (Å²) in [6.45, 7) is 0. The van der Waals surface area contributed by atoms with Gasteiger partial charge in [0.2, 0.25) is 6.29 Å². The Morgan fingerprint density at radius 2 is 1.54 bits per heavy atom. The van der Waals surface area contributed by atoms with Crippen LogP contribution in [0.1, 0.15) is 53.6 Å². The van der Waals surface area contributed by atoms with Crippen molar-refractivity contribution in [3.8, 4) is 5.75 Å². The van der Waals surface area contributed by atoms with Crippen LogP contribution in [-0.2, 0) is 9.53 Å². The van der Waals surface area contributed by atoms with Gasteiger partial charge in [-0.05, 0) is 37.8 Å². The molecule has 0 N–H and O–H groups in total. The molecule has 2 aromatic carbocycles. The summed E-state index contributed by atoms with van der Waals surface area (Å²) in [7, 11) is 0. The Morgan fingerprint density at radius 1 is 0.885 bits per heavy atom. The summed E-state index contributed by atoms with van der Waals surface area (Å²) in [5.74, 6) is -0.302. The monoisotopic (exact) mass is 351 g/mol. The molecule has 1 radical (unpaired) electrons. The Bertz CT molecular complexity index is 806. The minimum absolute atomic E-state index is 0.110. The van der Waals surface area contributed by atoms with Gasteiger partial charge in [0.15, 0.2) is 5.78 Å². The van der Waals surface area contributed by atoms with Gasteiger partial charge in [0.1, 0.15) is 11.9 Å². The second-order valence-corrected chi connectivity index (χ2v) is 6.20. The number of ether oxygens (including phenoxy) is 2. The number of hydrogen-bond donors (Lipinski definition) is 0. The smallest absolute Gasteiger partial charge is 0.431 e. The zero-order chi connectivity index (χ0) is 18.4. The number of carbonyl (C=O) groups is 2. The normalized spacial score (nSPS) is 14.5. The van der Waals surface area contributed by atoms with Crippen LogP contribution in [0.4, 0.5) is 4.79 Å². The Morgan fingerprint density at radius 3 is 2.27 bits per heavy atom. The number of para-hydroxylation sites is 1. The minimum atomic E-state index is -0.813. The Hall–Kier alpha value is -2.95. The van der Waals surface area contributed by atoms with Gasteiger partial charge in [-0.3, -0.25) is 9.59 Å². The lowest BCUT2D eigenvalue weighted by Crippen LogP contribution is -2.23. The number of benzene rings is 2. The fraction of sp³-hybridized carbons (Fsp3) is 0.286. The molecule has 0 heterocycles. The topological polar surface area (TPSA) is 69.7 Å². The van der Waals surface area contributed by atoms with E-state index in [0.29, 0.717) is 0 Å². The van der Waals surface area contributed by atoms with Gasteiger partial charge in [-0.2, -0.15) is 0 Å². The highest BCUT2D eigenvalue weighted by atomic mass is 16.7. The lowest BCUT2D eigenvalue weighted by molar-refractivity contribution is 0.0415. The predicted molar refractivity (Wildman–Crippen MR) is 95.1 cm³/mol. The summed E-state index contributed by atoms with van der Waals surface area (Å²) in [4.78, 5) is 36.0. The van der Waals surface area contributed by atoms with Gasteiger partial charge in [0, 0.05) is 11.1 Å². The molecule has 5 heteroatoms. The molecule has 0 aromatic heterocycles. The number of rotatable bonds is 5. The van der Waals surface area contributed by atoms with E-state index >= 15 is 0 Å². The molecule has 1 saturated carbocycles. The van der Waals surface area contributed by atoms with Gasteiger partial charge in [0.25, 0.3) is 0 Å². The molecule has 2 aromatic rings. The Balaban J connectivity index is 1.78. The Kier molecular flexibility index (Phi) is 5.79. The third-order valence-corrected chi connectivity index (χ3v) is 4.42. The summed E-state index contributed by atoms with van der Waals surface area (Å²) in [6, 6.07) is 12.8. The average molecular weight is 351 g/mol. The zero-order valence-corrected chi connectivity index (χ0v) is 14.3. The van der Waals surface area contributed by atoms with E-state index in [9.17, 15) is 14.4 Å². The van der Waals surface area contributed by atoms with Crippen molar-refractivity contribution >= 4 is 18.2 Å². The summed E-state index contributed by atoms with van der Waals surface area (Å²) in [6.07, 6.45) is 5.69. The predicted octanol–water partition coefficient (Wildman–Crippen LogP) is 4.22. The van der Waals surface area contributed by atoms with Crippen molar-refractivity contribution in [3.05, 3.63) is 65.2 Å². The largest absolute Gasteiger partial charge is 0.514 e. The molecule has 0 amide bonds. The first-order chi connectivity index (χ1) is 12.7. The molecule has 5 nitrogen and oxygen atoms in total. The molecule has 0 spiro atoms. The fourth-order valence-corrected chi connectivity index (χ4v) is 3.09. The van der Waals surface area contributed by atoms with Gasteiger partial charge in [0.05, 0.1) is 5.56 Å². The first-order valence-electron chi connectivity index (χ1n) is 8.68. The van der Waals surface area contributed by atoms with Crippen LogP contribution in [0.25, 0.3) is 0 Å². The first kappa shape index (κ1) is 17.9. The van der Waals surface area contributed by atoms with Gasteiger partial charge in [-0.25, -0.2) is 4.79 Å². The van der Waals surface area contributed by atoms with E-state index in [1.807, 2.05) is 0 Å². The highest BCUT2D eigenvalue weighted by Crippen LogP contribution is 2.25. The van der Waals surface area contributed by atoms with Crippen molar-refractivity contribution in [2.45, 2.75) is 38.2 Å². The van der Waals surface area contributed by atoms with Crippen molar-refractivity contribution in [2.75, 3.05) is 0 Å². The lowest BCUT2D eigenvalue weighted by Gasteiger charge is -2.21. The van der Waals surface area contributed by atoms with E-state index in [1.165, 1.54) is 12.1 Å². The second kappa shape index (κ2) is 8.43. The number of ketones is 1. The molecule has 0 atom stereocenters. The maximum atomic E-state index is 12.8. The summed E-state index contributed by atoms with van der Waals surface area (Å²) in [5.41, 5.74) is 0.562. The highest BCUT2D eigenvalue weighted by Gasteiger charge is 2.22. The third kappa shape index (κ3) is 4.17. The lowest BCUT2D eigenvalue weighted by atomic mass is 9.98. The standard InChI is InChI=1S/C21H19O5/c22-14-15-8-4-5-11-17(15)20(23)18-12-6-7-13-19(18)26-21(24)25-16-9-2-1-3-10-16/h4-8,11-13,16H,1-3,9-10H2. The van der Waals surface area contributed by atoms with Crippen LogP contribution in [-0.4, -0.2) is 24.3 Å². The fourth-order valence-electron chi connectivity index (χ4n) is 3.09. The van der Waals surface area contributed by atoms with Gasteiger partial charge in [-0.1, -0.05) is 42.8 Å². The van der Waals surface area contributed by atoms with Crippen LogP contribution in [0, 0.1) is 0 Å². The first-order valence-corrected chi connectivity index (χ1v) is 8.68. The molecule has 0 saturated heterocycles. The van der Waals surface area contributed by atoms with E-state index in [1.54, 1.807) is 42.7 Å². The Labute approximate surface area is 151 Å². The van der Waals surface area contributed by atoms with E-state index < -0.39 is 11.9 Å². The molecule has 0 bridgehead atoms. The second-order valence-electron chi connectivity index (χ2n) is 6.20. The van der Waals surface area contributed by atoms with E-state index in [-0.39, 0.29) is 28.5 Å². The molecular weight excluding hydrogens is 332 g/mol. The minimum Gasteiger partial charge on any atom is -0.431 e. The van der Waals surface area contributed by atoms with Crippen molar-refractivity contribution in [3.63, 3.8) is 0 Å². The molecule has 26 heavy (non-hydrogen) atoms.